The number of likely N-dealkylation sites (N-methyl/N-ethyl adjacent to an activating group) is 1. The van der Waals surface area contributed by atoms with Crippen LogP contribution in [0.3, 0.4) is 0 Å². The molecule has 0 radical (unpaired) electrons. The predicted molar refractivity (Wildman–Crippen MR) is 62.0 cm³/mol. The summed E-state index contributed by atoms with van der Waals surface area (Å²) >= 11 is 3.01. The maximum Gasteiger partial charge on any atom is 0.419 e. The molecule has 17 heavy (non-hydrogen) atoms. The van der Waals surface area contributed by atoms with Crippen LogP contribution >= 0.6 is 15.9 Å². The third kappa shape index (κ3) is 2.55. The number of aromatic nitrogens is 1. The first-order valence-electron chi connectivity index (χ1n) is 5.06. The Morgan fingerprint density at radius 1 is 1.47 bits per heavy atom. The Morgan fingerprint density at radius 3 is 2.59 bits per heavy atom. The summed E-state index contributed by atoms with van der Waals surface area (Å²) in [5.41, 5.74) is -0.707. The van der Waals surface area contributed by atoms with E-state index < -0.39 is 11.7 Å². The molecule has 2 heterocycles. The molecule has 1 aromatic rings. The van der Waals surface area contributed by atoms with Crippen LogP contribution in [0.25, 0.3) is 0 Å². The van der Waals surface area contributed by atoms with Crippen LogP contribution < -0.4 is 10.2 Å². The molecular weight excluding hydrogens is 299 g/mol. The highest BCUT2D eigenvalue weighted by atomic mass is 79.9. The Hall–Kier alpha value is -0.820. The van der Waals surface area contributed by atoms with Crippen molar-refractivity contribution in [3.8, 4) is 0 Å². The second-order valence-electron chi connectivity index (χ2n) is 3.95. The average Bonchev–Trinajstić information content (AvgIpc) is 2.13. The number of alkyl halides is 3. The van der Waals surface area contributed by atoms with E-state index in [9.17, 15) is 13.2 Å². The van der Waals surface area contributed by atoms with Crippen LogP contribution in [-0.2, 0) is 6.18 Å². The van der Waals surface area contributed by atoms with Crippen molar-refractivity contribution < 1.29 is 13.2 Å². The molecule has 0 bridgehead atoms. The number of nitrogens with one attached hydrogen (secondary N) is 1. The fraction of sp³-hybridized carbons (Fsp3) is 0.500. The largest absolute Gasteiger partial charge is 0.419 e. The second kappa shape index (κ2) is 4.45. The number of pyridine rings is 1. The van der Waals surface area contributed by atoms with E-state index >= 15 is 0 Å². The lowest BCUT2D eigenvalue weighted by atomic mass is 10.1. The lowest BCUT2D eigenvalue weighted by Gasteiger charge is -2.37. The van der Waals surface area contributed by atoms with Gasteiger partial charge in [-0.3, -0.25) is 0 Å². The van der Waals surface area contributed by atoms with Crippen LogP contribution in [-0.4, -0.2) is 31.2 Å². The molecule has 1 N–H and O–H groups in total. The Bertz CT molecular complexity index is 418. The molecule has 2 rings (SSSR count). The van der Waals surface area contributed by atoms with Gasteiger partial charge in [0.15, 0.2) is 0 Å². The highest BCUT2D eigenvalue weighted by molar-refractivity contribution is 9.10. The molecule has 0 atom stereocenters. The third-order valence-electron chi connectivity index (χ3n) is 2.78. The summed E-state index contributed by atoms with van der Waals surface area (Å²) in [4.78, 5) is 5.45. The molecule has 0 unspecified atom stereocenters. The van der Waals surface area contributed by atoms with Gasteiger partial charge in [-0.25, -0.2) is 4.98 Å². The van der Waals surface area contributed by atoms with Gasteiger partial charge in [-0.15, -0.1) is 0 Å². The van der Waals surface area contributed by atoms with Gasteiger partial charge < -0.3 is 10.2 Å². The number of anilines is 1. The van der Waals surface area contributed by atoms with Crippen LogP contribution in [0.4, 0.5) is 19.0 Å². The van der Waals surface area contributed by atoms with E-state index in [4.69, 9.17) is 0 Å². The van der Waals surface area contributed by atoms with Crippen LogP contribution in [0.5, 0.6) is 0 Å². The Morgan fingerprint density at radius 2 is 2.12 bits per heavy atom. The zero-order valence-corrected chi connectivity index (χ0v) is 10.6. The predicted octanol–water partition coefficient (Wildman–Crippen LogP) is 2.27. The topological polar surface area (TPSA) is 28.2 Å². The standard InChI is InChI=1S/C10H11BrF3N3/c1-17(7-4-15-5-7)9-8(10(12,13)14)2-6(11)3-16-9/h2-3,7,15H,4-5H2,1H3. The summed E-state index contributed by atoms with van der Waals surface area (Å²) in [6, 6.07) is 1.13. The molecule has 1 aromatic heterocycles. The monoisotopic (exact) mass is 309 g/mol. The first kappa shape index (κ1) is 12.6. The van der Waals surface area contributed by atoms with Gasteiger partial charge in [-0.05, 0) is 22.0 Å². The van der Waals surface area contributed by atoms with E-state index in [0.29, 0.717) is 17.6 Å². The molecule has 0 aliphatic carbocycles. The molecule has 0 aromatic carbocycles. The summed E-state index contributed by atoms with van der Waals surface area (Å²) in [7, 11) is 1.64. The van der Waals surface area contributed by atoms with Crippen molar-refractivity contribution >= 4 is 21.7 Å². The summed E-state index contributed by atoms with van der Waals surface area (Å²) < 4.78 is 38.9. The Balaban J connectivity index is 2.38. The minimum absolute atomic E-state index is 0.0211. The maximum atomic E-state index is 12.9. The average molecular weight is 310 g/mol. The highest BCUT2D eigenvalue weighted by Gasteiger charge is 2.37. The second-order valence-corrected chi connectivity index (χ2v) is 4.86. The van der Waals surface area contributed by atoms with Gasteiger partial charge in [-0.1, -0.05) is 0 Å². The normalized spacial score (nSPS) is 16.8. The van der Waals surface area contributed by atoms with E-state index in [-0.39, 0.29) is 11.9 Å². The lowest BCUT2D eigenvalue weighted by Crippen LogP contribution is -2.56. The Labute approximate surface area is 105 Å². The minimum atomic E-state index is -4.39. The van der Waals surface area contributed by atoms with E-state index in [1.54, 1.807) is 11.9 Å². The van der Waals surface area contributed by atoms with Crippen molar-refractivity contribution in [2.75, 3.05) is 25.0 Å². The van der Waals surface area contributed by atoms with E-state index in [1.807, 2.05) is 0 Å². The van der Waals surface area contributed by atoms with Gasteiger partial charge >= 0.3 is 6.18 Å². The van der Waals surface area contributed by atoms with Gasteiger partial charge in [0.2, 0.25) is 0 Å². The van der Waals surface area contributed by atoms with Crippen molar-refractivity contribution in [2.24, 2.45) is 0 Å². The lowest BCUT2D eigenvalue weighted by molar-refractivity contribution is -0.137. The van der Waals surface area contributed by atoms with Crippen LogP contribution in [0, 0.1) is 0 Å². The molecule has 1 saturated heterocycles. The van der Waals surface area contributed by atoms with Crippen molar-refractivity contribution in [3.63, 3.8) is 0 Å². The quantitative estimate of drug-likeness (QED) is 0.908. The summed E-state index contributed by atoms with van der Waals surface area (Å²) in [6.45, 7) is 1.37. The van der Waals surface area contributed by atoms with Gasteiger partial charge in [-0.2, -0.15) is 13.2 Å². The number of rotatable bonds is 2. The summed E-state index contributed by atoms with van der Waals surface area (Å²) in [5.74, 6) is -0.0211. The van der Waals surface area contributed by atoms with Gasteiger partial charge in [0.1, 0.15) is 5.82 Å². The van der Waals surface area contributed by atoms with E-state index in [1.165, 1.54) is 6.20 Å². The molecule has 0 saturated carbocycles. The van der Waals surface area contributed by atoms with Gasteiger partial charge in [0.05, 0.1) is 11.6 Å². The molecule has 94 valence electrons. The first-order valence-corrected chi connectivity index (χ1v) is 5.85. The SMILES string of the molecule is CN(c1ncc(Br)cc1C(F)(F)F)C1CNC1. The van der Waals surface area contributed by atoms with Gasteiger partial charge in [0.25, 0.3) is 0 Å². The molecule has 1 fully saturated rings. The van der Waals surface area contributed by atoms with Gasteiger partial charge in [0, 0.05) is 30.8 Å². The van der Waals surface area contributed by atoms with Crippen molar-refractivity contribution in [1.29, 1.82) is 0 Å². The molecule has 1 aliphatic rings. The number of nitrogens with zero attached hydrogens (tertiary/aromatic N) is 2. The fourth-order valence-corrected chi connectivity index (χ4v) is 1.97. The Kier molecular flexibility index (Phi) is 3.31. The van der Waals surface area contributed by atoms with Crippen LogP contribution in [0.15, 0.2) is 16.7 Å². The fourth-order valence-electron chi connectivity index (χ4n) is 1.64. The van der Waals surface area contributed by atoms with E-state index in [2.05, 4.69) is 26.2 Å². The smallest absolute Gasteiger partial charge is 0.354 e. The van der Waals surface area contributed by atoms with Crippen molar-refractivity contribution in [1.82, 2.24) is 10.3 Å². The van der Waals surface area contributed by atoms with E-state index in [0.717, 1.165) is 6.07 Å². The molecule has 7 heteroatoms. The molecule has 0 spiro atoms. The number of halogens is 4. The van der Waals surface area contributed by atoms with Crippen LogP contribution in [0.2, 0.25) is 0 Å². The number of hydrogen-bond acceptors (Lipinski definition) is 3. The molecule has 1 aliphatic heterocycles. The molecule has 3 nitrogen and oxygen atoms in total. The van der Waals surface area contributed by atoms with Crippen LogP contribution in [0.1, 0.15) is 5.56 Å². The minimum Gasteiger partial charge on any atom is -0.354 e. The molecule has 0 amide bonds. The maximum absolute atomic E-state index is 12.9. The number of hydrogen-bond donors (Lipinski definition) is 1. The summed E-state index contributed by atoms with van der Waals surface area (Å²) in [5, 5.41) is 3.02. The molecular formula is C10H11BrF3N3. The third-order valence-corrected chi connectivity index (χ3v) is 3.21. The van der Waals surface area contributed by atoms with Crippen molar-refractivity contribution in [3.05, 3.63) is 22.3 Å². The zero-order chi connectivity index (χ0) is 12.6. The first-order chi connectivity index (χ1) is 7.89. The van der Waals surface area contributed by atoms with Crippen molar-refractivity contribution in [2.45, 2.75) is 12.2 Å². The highest BCUT2D eigenvalue weighted by Crippen LogP contribution is 2.37. The summed E-state index contributed by atoms with van der Waals surface area (Å²) in [6.07, 6.45) is -3.01. The zero-order valence-electron chi connectivity index (χ0n) is 9.05.